The number of hydrogen-bond donors (Lipinski definition) is 0. The molecule has 0 aliphatic carbocycles. The summed E-state index contributed by atoms with van der Waals surface area (Å²) in [5.41, 5.74) is 0.775. The van der Waals surface area contributed by atoms with Gasteiger partial charge in [-0.15, -0.1) is 0 Å². The van der Waals surface area contributed by atoms with Crippen molar-refractivity contribution in [2.24, 2.45) is 0 Å². The van der Waals surface area contributed by atoms with Gasteiger partial charge in [0, 0.05) is 13.2 Å². The molecule has 32 heavy (non-hydrogen) atoms. The molecule has 4 nitrogen and oxygen atoms in total. The number of unbranched alkanes of at least 4 members (excludes halogenated alkanes) is 2. The van der Waals surface area contributed by atoms with Gasteiger partial charge in [0.1, 0.15) is 22.7 Å². The summed E-state index contributed by atoms with van der Waals surface area (Å²) < 4.78 is 24.7. The molecular formula is C28H42O4. The van der Waals surface area contributed by atoms with Crippen LogP contribution in [0.4, 0.5) is 0 Å². The number of rotatable bonds is 15. The first-order valence-electron chi connectivity index (χ1n) is 12.2. The molecule has 0 amide bonds. The fourth-order valence-corrected chi connectivity index (χ4v) is 3.91. The molecule has 2 unspecified atom stereocenters. The Kier molecular flexibility index (Phi) is 10.5. The number of ether oxygens (including phenoxy) is 4. The van der Waals surface area contributed by atoms with Crippen molar-refractivity contribution < 1.29 is 18.9 Å². The van der Waals surface area contributed by atoms with Crippen LogP contribution in [0.15, 0.2) is 48.5 Å². The molecule has 0 heterocycles. The maximum Gasteiger partial charge on any atom is 0.123 e. The molecule has 4 heteroatoms. The highest BCUT2D eigenvalue weighted by Gasteiger charge is 2.49. The normalized spacial score (nSPS) is 15.1. The molecule has 0 saturated carbocycles. The maximum atomic E-state index is 6.69. The van der Waals surface area contributed by atoms with Gasteiger partial charge in [-0.25, -0.2) is 0 Å². The lowest BCUT2D eigenvalue weighted by atomic mass is 9.75. The van der Waals surface area contributed by atoms with Gasteiger partial charge in [-0.1, -0.05) is 51.0 Å². The van der Waals surface area contributed by atoms with Gasteiger partial charge in [0.05, 0.1) is 13.2 Å². The molecule has 0 bridgehead atoms. The minimum absolute atomic E-state index is 0.646. The summed E-state index contributed by atoms with van der Waals surface area (Å²) in [4.78, 5) is 0. The van der Waals surface area contributed by atoms with E-state index in [1.165, 1.54) is 0 Å². The van der Waals surface area contributed by atoms with E-state index in [-0.39, 0.29) is 0 Å². The first kappa shape index (κ1) is 26.2. The molecule has 0 aliphatic heterocycles. The first-order valence-corrected chi connectivity index (χ1v) is 12.2. The first-order chi connectivity index (χ1) is 15.4. The third-order valence-corrected chi connectivity index (χ3v) is 6.12. The smallest absolute Gasteiger partial charge is 0.123 e. The van der Waals surface area contributed by atoms with E-state index >= 15 is 0 Å². The molecule has 0 spiro atoms. The van der Waals surface area contributed by atoms with Crippen molar-refractivity contribution >= 4 is 0 Å². The molecule has 0 aromatic heterocycles. The topological polar surface area (TPSA) is 36.9 Å². The Morgan fingerprint density at radius 1 is 0.562 bits per heavy atom. The summed E-state index contributed by atoms with van der Waals surface area (Å²) in [5.74, 6) is 1.73. The molecule has 2 atom stereocenters. The van der Waals surface area contributed by atoms with E-state index in [1.54, 1.807) is 0 Å². The quantitative estimate of drug-likeness (QED) is 0.272. The molecular weight excluding hydrogens is 400 g/mol. The Hall–Kier alpha value is -2.04. The predicted octanol–water partition coefficient (Wildman–Crippen LogP) is 7.25. The van der Waals surface area contributed by atoms with Crippen LogP contribution in [0, 0.1) is 0 Å². The maximum absolute atomic E-state index is 6.69. The Balaban J connectivity index is 2.53. The van der Waals surface area contributed by atoms with E-state index in [0.717, 1.165) is 48.3 Å². The monoisotopic (exact) mass is 442 g/mol. The lowest BCUT2D eigenvalue weighted by molar-refractivity contribution is -0.207. The van der Waals surface area contributed by atoms with Gasteiger partial charge in [-0.2, -0.15) is 0 Å². The van der Waals surface area contributed by atoms with Crippen molar-refractivity contribution in [1.29, 1.82) is 0 Å². The zero-order valence-corrected chi connectivity index (χ0v) is 20.9. The van der Waals surface area contributed by atoms with Gasteiger partial charge in [-0.05, 0) is 75.9 Å². The average molecular weight is 443 g/mol. The fourth-order valence-electron chi connectivity index (χ4n) is 3.91. The zero-order valence-electron chi connectivity index (χ0n) is 20.9. The summed E-state index contributed by atoms with van der Waals surface area (Å²) in [6.45, 7) is 15.3. The zero-order chi connectivity index (χ0) is 23.5. The highest BCUT2D eigenvalue weighted by atomic mass is 16.6. The van der Waals surface area contributed by atoms with Crippen LogP contribution in [0.2, 0.25) is 0 Å². The Morgan fingerprint density at radius 2 is 0.906 bits per heavy atom. The second kappa shape index (κ2) is 12.9. The highest BCUT2D eigenvalue weighted by Crippen LogP contribution is 2.47. The van der Waals surface area contributed by atoms with Gasteiger partial charge in [0.25, 0.3) is 0 Å². The van der Waals surface area contributed by atoms with Crippen LogP contribution in [-0.2, 0) is 20.7 Å². The third kappa shape index (κ3) is 6.26. The van der Waals surface area contributed by atoms with Crippen molar-refractivity contribution in [2.75, 3.05) is 26.4 Å². The Morgan fingerprint density at radius 3 is 1.19 bits per heavy atom. The van der Waals surface area contributed by atoms with Crippen molar-refractivity contribution in [3.05, 3.63) is 59.7 Å². The molecule has 178 valence electrons. The van der Waals surface area contributed by atoms with Gasteiger partial charge in [0.2, 0.25) is 0 Å². The van der Waals surface area contributed by atoms with E-state index in [9.17, 15) is 0 Å². The number of hydrogen-bond acceptors (Lipinski definition) is 4. The van der Waals surface area contributed by atoms with Gasteiger partial charge >= 0.3 is 0 Å². The molecule has 2 aromatic carbocycles. The van der Waals surface area contributed by atoms with Crippen LogP contribution in [0.5, 0.6) is 11.5 Å². The van der Waals surface area contributed by atoms with Crippen molar-refractivity contribution in [3.63, 3.8) is 0 Å². The Labute approximate surface area is 195 Å². The number of benzene rings is 2. The summed E-state index contributed by atoms with van der Waals surface area (Å²) in [7, 11) is 0. The summed E-state index contributed by atoms with van der Waals surface area (Å²) in [6, 6.07) is 16.5. The fraction of sp³-hybridized carbons (Fsp3) is 0.571. The highest BCUT2D eigenvalue weighted by molar-refractivity contribution is 5.38. The second-order valence-electron chi connectivity index (χ2n) is 8.39. The van der Waals surface area contributed by atoms with Gasteiger partial charge < -0.3 is 18.9 Å². The molecule has 0 saturated heterocycles. The van der Waals surface area contributed by atoms with Crippen molar-refractivity contribution in [3.8, 4) is 11.5 Å². The van der Waals surface area contributed by atoms with Crippen molar-refractivity contribution in [2.45, 2.75) is 78.4 Å². The predicted molar refractivity (Wildman–Crippen MR) is 132 cm³/mol. The van der Waals surface area contributed by atoms with Crippen LogP contribution in [0.25, 0.3) is 0 Å². The van der Waals surface area contributed by atoms with Gasteiger partial charge in [-0.3, -0.25) is 0 Å². The minimum Gasteiger partial charge on any atom is -0.494 e. The van der Waals surface area contributed by atoms with Crippen molar-refractivity contribution in [1.82, 2.24) is 0 Å². The third-order valence-electron chi connectivity index (χ3n) is 6.12. The minimum atomic E-state index is -0.687. The molecule has 0 N–H and O–H groups in total. The van der Waals surface area contributed by atoms with E-state index < -0.39 is 11.2 Å². The van der Waals surface area contributed by atoms with Crippen LogP contribution >= 0.6 is 0 Å². The average Bonchev–Trinajstić information content (AvgIpc) is 2.80. The van der Waals surface area contributed by atoms with E-state index in [0.29, 0.717) is 26.4 Å². The summed E-state index contributed by atoms with van der Waals surface area (Å²) >= 11 is 0. The standard InChI is InChI=1S/C28H42O4/c1-7-11-21-31-27(5,23-13-17-25(18-14-23)29-9-3)28(6,32-22-12-8-2)24-15-19-26(20-16-24)30-10-4/h13-20H,7-12,21-22H2,1-6H3. The Bertz CT molecular complexity index is 704. The molecule has 0 radical (unpaired) electrons. The SMILES string of the molecule is CCCCOC(C)(c1ccc(OCC)cc1)C(C)(OCCCC)c1ccc(OCC)cc1. The summed E-state index contributed by atoms with van der Waals surface area (Å²) in [5, 5.41) is 0. The largest absolute Gasteiger partial charge is 0.494 e. The van der Waals surface area contributed by atoms with Crippen LogP contribution in [0.1, 0.15) is 78.4 Å². The van der Waals surface area contributed by atoms with E-state index in [2.05, 4.69) is 52.0 Å². The molecule has 2 rings (SSSR count). The molecule has 0 aliphatic rings. The van der Waals surface area contributed by atoms with E-state index in [4.69, 9.17) is 18.9 Å². The van der Waals surface area contributed by atoms with Crippen LogP contribution in [0.3, 0.4) is 0 Å². The van der Waals surface area contributed by atoms with Crippen LogP contribution < -0.4 is 9.47 Å². The van der Waals surface area contributed by atoms with Gasteiger partial charge in [0.15, 0.2) is 0 Å². The molecule has 2 aromatic rings. The van der Waals surface area contributed by atoms with Crippen LogP contribution in [-0.4, -0.2) is 26.4 Å². The lowest BCUT2D eigenvalue weighted by Gasteiger charge is -2.47. The second-order valence-corrected chi connectivity index (χ2v) is 8.39. The molecule has 0 fully saturated rings. The van der Waals surface area contributed by atoms with E-state index in [1.807, 2.05) is 38.1 Å². The lowest BCUT2D eigenvalue weighted by Crippen LogP contribution is -2.49. The summed E-state index contributed by atoms with van der Waals surface area (Å²) in [6.07, 6.45) is 4.16.